The van der Waals surface area contributed by atoms with Gasteiger partial charge in [-0.25, -0.2) is 4.39 Å². The van der Waals surface area contributed by atoms with E-state index in [1.165, 1.54) is 6.07 Å². The van der Waals surface area contributed by atoms with E-state index >= 15 is 0 Å². The van der Waals surface area contributed by atoms with Crippen molar-refractivity contribution in [2.75, 3.05) is 32.9 Å². The van der Waals surface area contributed by atoms with Crippen LogP contribution in [0.2, 0.25) is 5.02 Å². The highest BCUT2D eigenvalue weighted by molar-refractivity contribution is 6.30. The van der Waals surface area contributed by atoms with Gasteiger partial charge in [0, 0.05) is 31.2 Å². The second kappa shape index (κ2) is 7.63. The minimum absolute atomic E-state index is 0. The molecule has 0 unspecified atom stereocenters. The Bertz CT molecular complexity index is 462. The van der Waals surface area contributed by atoms with Crippen LogP contribution in [-0.4, -0.2) is 37.8 Å². The number of benzene rings is 1. The number of hydrogen-bond acceptors (Lipinski definition) is 2. The molecule has 120 valence electrons. The Morgan fingerprint density at radius 1 is 1.19 bits per heavy atom. The van der Waals surface area contributed by atoms with Crippen LogP contribution < -0.4 is 5.32 Å². The summed E-state index contributed by atoms with van der Waals surface area (Å²) in [6.07, 6.45) is -4.48. The van der Waals surface area contributed by atoms with Crippen LogP contribution in [0.5, 0.6) is 0 Å². The molecule has 1 fully saturated rings. The number of alkyl halides is 4. The largest absolute Gasteiger partial charge is 0.416 e. The molecule has 1 N–H and O–H groups in total. The Morgan fingerprint density at radius 2 is 1.81 bits per heavy atom. The lowest BCUT2D eigenvalue weighted by atomic mass is 10.0. The van der Waals surface area contributed by atoms with Crippen molar-refractivity contribution in [3.05, 3.63) is 34.3 Å². The van der Waals surface area contributed by atoms with Gasteiger partial charge in [-0.05, 0) is 23.8 Å². The van der Waals surface area contributed by atoms with Gasteiger partial charge in [-0.2, -0.15) is 13.2 Å². The lowest BCUT2D eigenvalue weighted by Gasteiger charge is -2.34. The van der Waals surface area contributed by atoms with Crippen LogP contribution in [0.25, 0.3) is 0 Å². The fraction of sp³-hybridized carbons (Fsp3) is 0.538. The van der Waals surface area contributed by atoms with Crippen molar-refractivity contribution in [3.8, 4) is 0 Å². The fourth-order valence-electron chi connectivity index (χ4n) is 2.36. The Morgan fingerprint density at radius 3 is 2.33 bits per heavy atom. The highest BCUT2D eigenvalue weighted by atomic mass is 35.5. The van der Waals surface area contributed by atoms with Gasteiger partial charge < -0.3 is 5.32 Å². The molecular weight excluding hydrogens is 331 g/mol. The normalized spacial score (nSPS) is 18.1. The van der Waals surface area contributed by atoms with Crippen LogP contribution in [0.15, 0.2) is 18.2 Å². The highest BCUT2D eigenvalue weighted by Crippen LogP contribution is 2.34. The SMILES string of the molecule is Cl.FC[C@@H](c1cc(Cl)cc(C(F)(F)F)c1)N1CCNCC1. The molecule has 1 aromatic rings. The molecule has 0 aromatic heterocycles. The van der Waals surface area contributed by atoms with Crippen LogP contribution in [0, 0.1) is 0 Å². The molecule has 1 saturated heterocycles. The van der Waals surface area contributed by atoms with Crippen LogP contribution >= 0.6 is 24.0 Å². The van der Waals surface area contributed by atoms with Gasteiger partial charge in [0.1, 0.15) is 6.67 Å². The lowest BCUT2D eigenvalue weighted by molar-refractivity contribution is -0.137. The monoisotopic (exact) mass is 346 g/mol. The van der Waals surface area contributed by atoms with Crippen molar-refractivity contribution < 1.29 is 17.6 Å². The van der Waals surface area contributed by atoms with Gasteiger partial charge in [-0.3, -0.25) is 4.90 Å². The number of nitrogens with zero attached hydrogens (tertiary/aromatic N) is 1. The molecule has 2 rings (SSSR count). The molecule has 0 aliphatic carbocycles. The average molecular weight is 347 g/mol. The van der Waals surface area contributed by atoms with Crippen LogP contribution in [0.4, 0.5) is 17.6 Å². The Balaban J connectivity index is 0.00000220. The minimum atomic E-state index is -4.48. The molecule has 0 saturated carbocycles. The van der Waals surface area contributed by atoms with Crippen LogP contribution in [-0.2, 0) is 6.18 Å². The van der Waals surface area contributed by atoms with Gasteiger partial charge in [0.15, 0.2) is 0 Å². The Labute approximate surface area is 131 Å². The molecular formula is C13H16Cl2F4N2. The van der Waals surface area contributed by atoms with Crippen LogP contribution in [0.1, 0.15) is 17.2 Å². The number of rotatable bonds is 3. The summed E-state index contributed by atoms with van der Waals surface area (Å²) in [5.41, 5.74) is -0.567. The quantitative estimate of drug-likeness (QED) is 0.839. The van der Waals surface area contributed by atoms with Crippen molar-refractivity contribution in [2.24, 2.45) is 0 Å². The second-order valence-electron chi connectivity index (χ2n) is 4.73. The first kappa shape index (κ1) is 18.5. The third-order valence-corrected chi connectivity index (χ3v) is 3.59. The molecule has 8 heteroatoms. The van der Waals surface area contributed by atoms with E-state index in [2.05, 4.69) is 5.32 Å². The number of piperazine rings is 1. The fourth-order valence-corrected chi connectivity index (χ4v) is 2.60. The molecule has 1 atom stereocenters. The summed E-state index contributed by atoms with van der Waals surface area (Å²) in [5, 5.41) is 3.10. The van der Waals surface area contributed by atoms with Gasteiger partial charge >= 0.3 is 6.18 Å². The standard InChI is InChI=1S/C13H15ClF4N2.ClH/c14-11-6-9(5-10(7-11)13(16,17)18)12(8-15)20-3-1-19-2-4-20;/h5-7,12,19H,1-4,8H2;1H/t12-;/m0./s1. The summed E-state index contributed by atoms with van der Waals surface area (Å²) in [5.74, 6) is 0. The van der Waals surface area contributed by atoms with Crippen molar-refractivity contribution in [2.45, 2.75) is 12.2 Å². The van der Waals surface area contributed by atoms with E-state index in [9.17, 15) is 17.6 Å². The van der Waals surface area contributed by atoms with Crippen LogP contribution in [0.3, 0.4) is 0 Å². The van der Waals surface area contributed by atoms with Gasteiger partial charge in [0.05, 0.1) is 11.6 Å². The van der Waals surface area contributed by atoms with Gasteiger partial charge in [0.25, 0.3) is 0 Å². The molecule has 0 spiro atoms. The molecule has 0 radical (unpaired) electrons. The summed E-state index contributed by atoms with van der Waals surface area (Å²) < 4.78 is 51.6. The summed E-state index contributed by atoms with van der Waals surface area (Å²) in [7, 11) is 0. The maximum atomic E-state index is 13.3. The predicted octanol–water partition coefficient (Wildman–Crippen LogP) is 3.70. The predicted molar refractivity (Wildman–Crippen MR) is 76.9 cm³/mol. The van der Waals surface area contributed by atoms with E-state index in [1.807, 2.05) is 4.90 Å². The molecule has 1 aliphatic rings. The summed E-state index contributed by atoms with van der Waals surface area (Å²) >= 11 is 5.74. The molecule has 21 heavy (non-hydrogen) atoms. The molecule has 0 amide bonds. The van der Waals surface area contributed by atoms with Gasteiger partial charge in [-0.15, -0.1) is 12.4 Å². The molecule has 1 aliphatic heterocycles. The third kappa shape index (κ3) is 4.71. The minimum Gasteiger partial charge on any atom is -0.314 e. The van der Waals surface area contributed by atoms with E-state index in [1.54, 1.807) is 0 Å². The summed E-state index contributed by atoms with van der Waals surface area (Å²) in [6.45, 7) is 1.86. The smallest absolute Gasteiger partial charge is 0.314 e. The molecule has 2 nitrogen and oxygen atoms in total. The molecule has 1 heterocycles. The van der Waals surface area contributed by atoms with Gasteiger partial charge in [-0.1, -0.05) is 11.6 Å². The summed E-state index contributed by atoms with van der Waals surface area (Å²) in [4.78, 5) is 1.84. The molecule has 1 aromatic carbocycles. The van der Waals surface area contributed by atoms with E-state index < -0.39 is 24.5 Å². The zero-order chi connectivity index (χ0) is 14.8. The second-order valence-corrected chi connectivity index (χ2v) is 5.16. The zero-order valence-electron chi connectivity index (χ0n) is 11.1. The number of halogens is 6. The van der Waals surface area contributed by atoms with Crippen molar-refractivity contribution in [1.29, 1.82) is 0 Å². The zero-order valence-corrected chi connectivity index (χ0v) is 12.7. The average Bonchev–Trinajstić information content (AvgIpc) is 2.39. The van der Waals surface area contributed by atoms with E-state index in [-0.39, 0.29) is 23.0 Å². The van der Waals surface area contributed by atoms with Crippen molar-refractivity contribution in [1.82, 2.24) is 10.2 Å². The number of hydrogen-bond donors (Lipinski definition) is 1. The maximum Gasteiger partial charge on any atom is 0.416 e. The highest BCUT2D eigenvalue weighted by Gasteiger charge is 2.32. The Kier molecular flexibility index (Phi) is 6.71. The number of nitrogens with one attached hydrogen (secondary N) is 1. The van der Waals surface area contributed by atoms with Crippen molar-refractivity contribution in [3.63, 3.8) is 0 Å². The van der Waals surface area contributed by atoms with E-state index in [0.29, 0.717) is 26.2 Å². The van der Waals surface area contributed by atoms with E-state index in [0.717, 1.165) is 12.1 Å². The van der Waals surface area contributed by atoms with Crippen molar-refractivity contribution >= 4 is 24.0 Å². The summed E-state index contributed by atoms with van der Waals surface area (Å²) in [6, 6.07) is 2.57. The van der Waals surface area contributed by atoms with Gasteiger partial charge in [0.2, 0.25) is 0 Å². The van der Waals surface area contributed by atoms with E-state index in [4.69, 9.17) is 11.6 Å². The first-order valence-corrected chi connectivity index (χ1v) is 6.68. The Hall–Kier alpha value is -0.560. The first-order chi connectivity index (χ1) is 9.41. The lowest BCUT2D eigenvalue weighted by Crippen LogP contribution is -2.45. The molecule has 0 bridgehead atoms. The third-order valence-electron chi connectivity index (χ3n) is 3.37. The maximum absolute atomic E-state index is 13.3. The first-order valence-electron chi connectivity index (χ1n) is 6.30. The topological polar surface area (TPSA) is 15.3 Å².